The first-order chi connectivity index (χ1) is 10.3. The predicted molar refractivity (Wildman–Crippen MR) is 86.3 cm³/mol. The minimum absolute atomic E-state index is 0.160. The summed E-state index contributed by atoms with van der Waals surface area (Å²) < 4.78 is 0. The van der Waals surface area contributed by atoms with Crippen molar-refractivity contribution in [1.29, 1.82) is 0 Å². The molecule has 0 fully saturated rings. The lowest BCUT2D eigenvalue weighted by Gasteiger charge is -2.10. The Balaban J connectivity index is 1.73. The van der Waals surface area contributed by atoms with Gasteiger partial charge in [0.1, 0.15) is 0 Å². The number of carbonyl (C=O) groups is 1. The van der Waals surface area contributed by atoms with E-state index in [-0.39, 0.29) is 5.91 Å². The van der Waals surface area contributed by atoms with Crippen LogP contribution < -0.4 is 5.32 Å². The Bertz CT molecular complexity index is 642. The van der Waals surface area contributed by atoms with Crippen LogP contribution in [0.3, 0.4) is 0 Å². The minimum atomic E-state index is 0.160. The SMILES string of the molecule is CCCCC(=O)NCc1ccc2[nH]c3c(c2c1)CCCC3. The maximum atomic E-state index is 11.7. The quantitative estimate of drug-likeness (QED) is 0.860. The Morgan fingerprint density at radius 2 is 2.14 bits per heavy atom. The van der Waals surface area contributed by atoms with E-state index in [1.165, 1.54) is 53.4 Å². The number of benzene rings is 1. The first-order valence-electron chi connectivity index (χ1n) is 8.17. The van der Waals surface area contributed by atoms with E-state index in [4.69, 9.17) is 0 Å². The van der Waals surface area contributed by atoms with Crippen molar-refractivity contribution in [2.45, 2.75) is 58.4 Å². The molecule has 0 saturated carbocycles. The number of aryl methyl sites for hydroxylation is 2. The molecular formula is C18H24N2O. The van der Waals surface area contributed by atoms with E-state index in [0.29, 0.717) is 13.0 Å². The molecule has 3 nitrogen and oxygen atoms in total. The van der Waals surface area contributed by atoms with Gasteiger partial charge in [0.15, 0.2) is 0 Å². The maximum Gasteiger partial charge on any atom is 0.220 e. The number of aromatic nitrogens is 1. The molecule has 0 atom stereocenters. The van der Waals surface area contributed by atoms with Gasteiger partial charge in [-0.15, -0.1) is 0 Å². The number of carbonyl (C=O) groups excluding carboxylic acids is 1. The van der Waals surface area contributed by atoms with Gasteiger partial charge in [-0.3, -0.25) is 4.79 Å². The molecule has 0 saturated heterocycles. The standard InChI is InChI=1S/C18H24N2O/c1-2-3-8-18(21)19-12-13-9-10-17-15(11-13)14-6-4-5-7-16(14)20-17/h9-11,20H,2-8,12H2,1H3,(H,19,21). The van der Waals surface area contributed by atoms with Gasteiger partial charge in [0.2, 0.25) is 5.91 Å². The molecule has 1 amide bonds. The highest BCUT2D eigenvalue weighted by Crippen LogP contribution is 2.29. The average Bonchev–Trinajstić information content (AvgIpc) is 2.89. The van der Waals surface area contributed by atoms with Gasteiger partial charge in [0.25, 0.3) is 0 Å². The number of amides is 1. The van der Waals surface area contributed by atoms with Crippen LogP contribution in [0.25, 0.3) is 10.9 Å². The number of unbranched alkanes of at least 4 members (excludes halogenated alkanes) is 1. The molecule has 1 aliphatic carbocycles. The Labute approximate surface area is 126 Å². The fourth-order valence-electron chi connectivity index (χ4n) is 3.19. The number of fused-ring (bicyclic) bond motifs is 3. The summed E-state index contributed by atoms with van der Waals surface area (Å²) in [6.45, 7) is 2.74. The van der Waals surface area contributed by atoms with Gasteiger partial charge in [0, 0.05) is 29.6 Å². The fourth-order valence-corrected chi connectivity index (χ4v) is 3.19. The number of rotatable bonds is 5. The first-order valence-corrected chi connectivity index (χ1v) is 8.17. The molecule has 1 heterocycles. The summed E-state index contributed by atoms with van der Waals surface area (Å²) in [5.41, 5.74) is 5.35. The molecular weight excluding hydrogens is 260 g/mol. The van der Waals surface area contributed by atoms with E-state index < -0.39 is 0 Å². The molecule has 0 unspecified atom stereocenters. The molecule has 2 N–H and O–H groups in total. The second-order valence-corrected chi connectivity index (χ2v) is 6.05. The number of aromatic amines is 1. The van der Waals surface area contributed by atoms with Crippen molar-refractivity contribution in [3.63, 3.8) is 0 Å². The Morgan fingerprint density at radius 3 is 3.00 bits per heavy atom. The topological polar surface area (TPSA) is 44.9 Å². The summed E-state index contributed by atoms with van der Waals surface area (Å²) in [6.07, 6.45) is 7.61. The van der Waals surface area contributed by atoms with Gasteiger partial charge in [-0.2, -0.15) is 0 Å². The monoisotopic (exact) mass is 284 g/mol. The van der Waals surface area contributed by atoms with Crippen LogP contribution in [-0.2, 0) is 24.2 Å². The number of nitrogens with one attached hydrogen (secondary N) is 2. The van der Waals surface area contributed by atoms with Crippen LogP contribution in [0.2, 0.25) is 0 Å². The summed E-state index contributed by atoms with van der Waals surface area (Å²) in [5, 5.41) is 4.37. The molecule has 21 heavy (non-hydrogen) atoms. The van der Waals surface area contributed by atoms with Crippen molar-refractivity contribution in [2.75, 3.05) is 0 Å². The zero-order chi connectivity index (χ0) is 14.7. The molecule has 1 aliphatic rings. The highest BCUT2D eigenvalue weighted by atomic mass is 16.1. The number of hydrogen-bond donors (Lipinski definition) is 2. The number of hydrogen-bond acceptors (Lipinski definition) is 1. The van der Waals surface area contributed by atoms with E-state index in [1.807, 2.05) is 0 Å². The van der Waals surface area contributed by atoms with Crippen molar-refractivity contribution in [3.8, 4) is 0 Å². The third kappa shape index (κ3) is 3.12. The van der Waals surface area contributed by atoms with Crippen molar-refractivity contribution in [3.05, 3.63) is 35.0 Å². The van der Waals surface area contributed by atoms with Crippen LogP contribution in [0.15, 0.2) is 18.2 Å². The summed E-state index contributed by atoms with van der Waals surface area (Å²) >= 11 is 0. The smallest absolute Gasteiger partial charge is 0.220 e. The molecule has 0 radical (unpaired) electrons. The van der Waals surface area contributed by atoms with E-state index in [2.05, 4.69) is 35.4 Å². The average molecular weight is 284 g/mol. The van der Waals surface area contributed by atoms with Crippen molar-refractivity contribution < 1.29 is 4.79 Å². The van der Waals surface area contributed by atoms with E-state index in [9.17, 15) is 4.79 Å². The third-order valence-electron chi connectivity index (χ3n) is 4.41. The molecule has 1 aromatic heterocycles. The summed E-state index contributed by atoms with van der Waals surface area (Å²) in [5.74, 6) is 0.160. The van der Waals surface area contributed by atoms with Crippen LogP contribution in [0.1, 0.15) is 55.8 Å². The van der Waals surface area contributed by atoms with Crippen LogP contribution in [0.5, 0.6) is 0 Å². The van der Waals surface area contributed by atoms with Gasteiger partial charge in [0.05, 0.1) is 0 Å². The van der Waals surface area contributed by atoms with Crippen molar-refractivity contribution in [2.24, 2.45) is 0 Å². The van der Waals surface area contributed by atoms with Crippen LogP contribution >= 0.6 is 0 Å². The van der Waals surface area contributed by atoms with Gasteiger partial charge < -0.3 is 10.3 Å². The third-order valence-corrected chi connectivity index (χ3v) is 4.41. The lowest BCUT2D eigenvalue weighted by molar-refractivity contribution is -0.121. The Kier molecular flexibility index (Phi) is 4.28. The highest BCUT2D eigenvalue weighted by molar-refractivity contribution is 5.85. The molecule has 3 heteroatoms. The van der Waals surface area contributed by atoms with Crippen molar-refractivity contribution >= 4 is 16.8 Å². The summed E-state index contributed by atoms with van der Waals surface area (Å²) in [4.78, 5) is 15.3. The Morgan fingerprint density at radius 1 is 1.29 bits per heavy atom. The summed E-state index contributed by atoms with van der Waals surface area (Å²) in [7, 11) is 0. The minimum Gasteiger partial charge on any atom is -0.358 e. The van der Waals surface area contributed by atoms with Crippen LogP contribution in [0.4, 0.5) is 0 Å². The maximum absolute atomic E-state index is 11.7. The molecule has 2 aromatic rings. The molecule has 0 aliphatic heterocycles. The molecule has 0 bridgehead atoms. The van der Waals surface area contributed by atoms with E-state index >= 15 is 0 Å². The predicted octanol–water partition coefficient (Wildman–Crippen LogP) is 3.85. The molecule has 1 aromatic carbocycles. The van der Waals surface area contributed by atoms with E-state index in [1.54, 1.807) is 0 Å². The van der Waals surface area contributed by atoms with Crippen LogP contribution in [-0.4, -0.2) is 10.9 Å². The van der Waals surface area contributed by atoms with Gasteiger partial charge in [-0.1, -0.05) is 19.4 Å². The highest BCUT2D eigenvalue weighted by Gasteiger charge is 2.15. The van der Waals surface area contributed by atoms with Crippen LogP contribution in [0, 0.1) is 0 Å². The zero-order valence-corrected chi connectivity index (χ0v) is 12.8. The fraction of sp³-hybridized carbons (Fsp3) is 0.500. The van der Waals surface area contributed by atoms with Crippen molar-refractivity contribution in [1.82, 2.24) is 10.3 Å². The normalized spacial score (nSPS) is 14.1. The zero-order valence-electron chi connectivity index (χ0n) is 12.8. The Hall–Kier alpha value is -1.77. The molecule has 112 valence electrons. The lowest BCUT2D eigenvalue weighted by Crippen LogP contribution is -2.22. The number of H-pyrrole nitrogens is 1. The lowest BCUT2D eigenvalue weighted by atomic mass is 9.95. The van der Waals surface area contributed by atoms with Gasteiger partial charge in [-0.05, 0) is 55.4 Å². The molecule has 3 rings (SSSR count). The first kappa shape index (κ1) is 14.2. The molecule has 0 spiro atoms. The van der Waals surface area contributed by atoms with Gasteiger partial charge in [-0.25, -0.2) is 0 Å². The largest absolute Gasteiger partial charge is 0.358 e. The summed E-state index contributed by atoms with van der Waals surface area (Å²) in [6, 6.07) is 6.52. The second kappa shape index (κ2) is 6.33. The van der Waals surface area contributed by atoms with Gasteiger partial charge >= 0.3 is 0 Å². The van der Waals surface area contributed by atoms with E-state index in [0.717, 1.165) is 12.8 Å². The second-order valence-electron chi connectivity index (χ2n) is 6.05.